The van der Waals surface area contributed by atoms with E-state index in [1.807, 2.05) is 24.3 Å². The van der Waals surface area contributed by atoms with Crippen molar-refractivity contribution in [3.05, 3.63) is 45.3 Å². The Morgan fingerprint density at radius 2 is 1.90 bits per heavy atom. The van der Waals surface area contributed by atoms with Gasteiger partial charge in [-0.15, -0.1) is 0 Å². The number of anilines is 2. The summed E-state index contributed by atoms with van der Waals surface area (Å²) in [5.41, 5.74) is 3.34. The number of H-pyrrole nitrogens is 1. The first-order chi connectivity index (χ1) is 9.72. The molecule has 20 heavy (non-hydrogen) atoms. The van der Waals surface area contributed by atoms with Gasteiger partial charge in [0.1, 0.15) is 5.82 Å². The van der Waals surface area contributed by atoms with Crippen LogP contribution in [0.15, 0.2) is 24.3 Å². The Morgan fingerprint density at radius 1 is 1.15 bits per heavy atom. The molecule has 104 valence electrons. The number of hydrogen-bond acceptors (Lipinski definition) is 4. The van der Waals surface area contributed by atoms with E-state index in [4.69, 9.17) is 23.8 Å². The summed E-state index contributed by atoms with van der Waals surface area (Å²) in [7, 11) is 0. The lowest BCUT2D eigenvalue weighted by molar-refractivity contribution is 0.708. The SMILES string of the molecule is S=c1nc(Nc2ccc(Cl)cc2)c2c([nH]1)CCNCC2. The van der Waals surface area contributed by atoms with Crippen molar-refractivity contribution < 1.29 is 0 Å². The van der Waals surface area contributed by atoms with Crippen molar-refractivity contribution in [2.24, 2.45) is 0 Å². The first kappa shape index (κ1) is 13.5. The standard InChI is InChI=1S/C14H15ClN4S/c15-9-1-3-10(4-2-9)17-13-11-5-7-16-8-6-12(11)18-14(20)19-13/h1-4,16H,5-8H2,(H2,17,18,19,20). The maximum Gasteiger partial charge on any atom is 0.198 e. The van der Waals surface area contributed by atoms with Gasteiger partial charge in [-0.3, -0.25) is 0 Å². The molecule has 0 unspecified atom stereocenters. The minimum absolute atomic E-state index is 0.516. The maximum absolute atomic E-state index is 5.90. The minimum atomic E-state index is 0.516. The fraction of sp³-hybridized carbons (Fsp3) is 0.286. The number of halogens is 1. The van der Waals surface area contributed by atoms with Gasteiger partial charge in [0.05, 0.1) is 0 Å². The molecule has 1 aliphatic rings. The third-order valence-electron chi connectivity index (χ3n) is 3.33. The summed E-state index contributed by atoms with van der Waals surface area (Å²) in [5.74, 6) is 0.842. The van der Waals surface area contributed by atoms with Gasteiger partial charge >= 0.3 is 0 Å². The van der Waals surface area contributed by atoms with Crippen molar-refractivity contribution in [3.8, 4) is 0 Å². The number of fused-ring (bicyclic) bond motifs is 1. The van der Waals surface area contributed by atoms with Gasteiger partial charge in [0, 0.05) is 34.9 Å². The predicted molar refractivity (Wildman–Crippen MR) is 84.4 cm³/mol. The Labute approximate surface area is 127 Å². The number of aromatic amines is 1. The molecule has 3 rings (SSSR count). The molecule has 6 heteroatoms. The van der Waals surface area contributed by atoms with Crippen LogP contribution in [0.3, 0.4) is 0 Å². The molecule has 2 heterocycles. The highest BCUT2D eigenvalue weighted by Crippen LogP contribution is 2.23. The van der Waals surface area contributed by atoms with Crippen LogP contribution >= 0.6 is 23.8 Å². The van der Waals surface area contributed by atoms with Gasteiger partial charge in [0.15, 0.2) is 4.77 Å². The fourth-order valence-corrected chi connectivity index (χ4v) is 2.69. The normalized spacial score (nSPS) is 14.4. The summed E-state index contributed by atoms with van der Waals surface area (Å²) in [5, 5.41) is 7.45. The van der Waals surface area contributed by atoms with Crippen LogP contribution in [0.1, 0.15) is 11.3 Å². The summed E-state index contributed by atoms with van der Waals surface area (Å²) in [6, 6.07) is 7.58. The molecule has 0 radical (unpaired) electrons. The molecule has 1 aromatic carbocycles. The minimum Gasteiger partial charge on any atom is -0.340 e. The second-order valence-corrected chi connectivity index (χ2v) is 5.55. The molecule has 0 atom stereocenters. The number of hydrogen-bond donors (Lipinski definition) is 3. The molecule has 0 saturated carbocycles. The highest BCUT2D eigenvalue weighted by atomic mass is 35.5. The van der Waals surface area contributed by atoms with Crippen LogP contribution in [-0.2, 0) is 12.8 Å². The molecule has 0 amide bonds. The van der Waals surface area contributed by atoms with E-state index in [-0.39, 0.29) is 0 Å². The summed E-state index contributed by atoms with van der Waals surface area (Å²) < 4.78 is 0.516. The van der Waals surface area contributed by atoms with Gasteiger partial charge in [-0.25, -0.2) is 4.98 Å². The van der Waals surface area contributed by atoms with Crippen LogP contribution in [0.25, 0.3) is 0 Å². The Morgan fingerprint density at radius 3 is 2.70 bits per heavy atom. The number of nitrogens with one attached hydrogen (secondary N) is 3. The second-order valence-electron chi connectivity index (χ2n) is 4.73. The van der Waals surface area contributed by atoms with E-state index in [1.165, 1.54) is 11.3 Å². The van der Waals surface area contributed by atoms with E-state index in [2.05, 4.69) is 20.6 Å². The summed E-state index contributed by atoms with van der Waals surface area (Å²) in [6.45, 7) is 1.91. The predicted octanol–water partition coefficient (Wildman–Crippen LogP) is 3.22. The second kappa shape index (κ2) is 5.91. The van der Waals surface area contributed by atoms with E-state index in [9.17, 15) is 0 Å². The average Bonchev–Trinajstić information content (AvgIpc) is 2.66. The molecule has 0 saturated heterocycles. The third kappa shape index (κ3) is 3.00. The molecule has 1 aliphatic heterocycles. The van der Waals surface area contributed by atoms with Crippen LogP contribution < -0.4 is 10.6 Å². The van der Waals surface area contributed by atoms with Gasteiger partial charge in [-0.1, -0.05) is 11.6 Å². The van der Waals surface area contributed by atoms with E-state index in [1.54, 1.807) is 0 Å². The molecule has 3 N–H and O–H groups in total. The summed E-state index contributed by atoms with van der Waals surface area (Å²) in [4.78, 5) is 7.64. The van der Waals surface area contributed by atoms with Gasteiger partial charge in [-0.05, 0) is 49.4 Å². The molecular weight excluding hydrogens is 292 g/mol. The van der Waals surface area contributed by atoms with Crippen molar-refractivity contribution in [2.75, 3.05) is 18.4 Å². The van der Waals surface area contributed by atoms with E-state index in [0.29, 0.717) is 4.77 Å². The molecule has 0 aliphatic carbocycles. The lowest BCUT2D eigenvalue weighted by Crippen LogP contribution is -2.16. The quantitative estimate of drug-likeness (QED) is 0.746. The van der Waals surface area contributed by atoms with Crippen LogP contribution in [0, 0.1) is 4.77 Å². The van der Waals surface area contributed by atoms with Crippen molar-refractivity contribution >= 4 is 35.3 Å². The summed E-state index contributed by atoms with van der Waals surface area (Å²) in [6.07, 6.45) is 1.88. The Bertz CT molecular complexity index is 666. The zero-order valence-electron chi connectivity index (χ0n) is 10.9. The zero-order chi connectivity index (χ0) is 13.9. The van der Waals surface area contributed by atoms with Crippen LogP contribution in [0.5, 0.6) is 0 Å². The van der Waals surface area contributed by atoms with Gasteiger partial charge in [0.25, 0.3) is 0 Å². The molecule has 0 spiro atoms. The number of rotatable bonds is 2. The van der Waals surface area contributed by atoms with Crippen LogP contribution in [0.2, 0.25) is 5.02 Å². The van der Waals surface area contributed by atoms with Gasteiger partial charge in [0.2, 0.25) is 0 Å². The fourth-order valence-electron chi connectivity index (χ4n) is 2.35. The monoisotopic (exact) mass is 306 g/mol. The molecule has 4 nitrogen and oxygen atoms in total. The highest BCUT2D eigenvalue weighted by Gasteiger charge is 2.14. The number of benzene rings is 1. The lowest BCUT2D eigenvalue weighted by atomic mass is 10.1. The molecule has 1 aromatic heterocycles. The highest BCUT2D eigenvalue weighted by molar-refractivity contribution is 7.71. The van der Waals surface area contributed by atoms with E-state index >= 15 is 0 Å². The Kier molecular flexibility index (Phi) is 4.00. The van der Waals surface area contributed by atoms with Crippen molar-refractivity contribution in [1.82, 2.24) is 15.3 Å². The first-order valence-electron chi connectivity index (χ1n) is 6.58. The van der Waals surface area contributed by atoms with Crippen molar-refractivity contribution in [2.45, 2.75) is 12.8 Å². The average molecular weight is 307 g/mol. The van der Waals surface area contributed by atoms with E-state index < -0.39 is 0 Å². The third-order valence-corrected chi connectivity index (χ3v) is 3.78. The van der Waals surface area contributed by atoms with Crippen molar-refractivity contribution in [1.29, 1.82) is 0 Å². The number of nitrogens with zero attached hydrogens (tertiary/aromatic N) is 1. The van der Waals surface area contributed by atoms with Crippen molar-refractivity contribution in [3.63, 3.8) is 0 Å². The summed E-state index contributed by atoms with van der Waals surface area (Å²) >= 11 is 11.1. The maximum atomic E-state index is 5.90. The zero-order valence-corrected chi connectivity index (χ0v) is 12.4. The Balaban J connectivity index is 1.98. The first-order valence-corrected chi connectivity index (χ1v) is 7.36. The molecule has 0 fully saturated rings. The van der Waals surface area contributed by atoms with Gasteiger partial charge < -0.3 is 15.6 Å². The van der Waals surface area contributed by atoms with Gasteiger partial charge in [-0.2, -0.15) is 0 Å². The molecular formula is C14H15ClN4S. The molecule has 0 bridgehead atoms. The van der Waals surface area contributed by atoms with E-state index in [0.717, 1.165) is 42.5 Å². The van der Waals surface area contributed by atoms with Crippen LogP contribution in [0.4, 0.5) is 11.5 Å². The number of aromatic nitrogens is 2. The Hall–Kier alpha value is -1.43. The molecule has 2 aromatic rings. The topological polar surface area (TPSA) is 52.7 Å². The largest absolute Gasteiger partial charge is 0.340 e. The van der Waals surface area contributed by atoms with Crippen LogP contribution in [-0.4, -0.2) is 23.1 Å². The lowest BCUT2D eigenvalue weighted by Gasteiger charge is -2.13. The smallest absolute Gasteiger partial charge is 0.198 e.